The summed E-state index contributed by atoms with van der Waals surface area (Å²) in [5.74, 6) is 0. The number of hydrogen-bond donors (Lipinski definition) is 0. The normalized spacial score (nSPS) is 13.0. The SMILES string of the molecule is c1ccc2c(c1)B1c3ccccc3-c3cc(-n4c5ccccc5c5ccccc54)cc4c5cc(-n6c7ccccc7c7ccccc76)cc-2c5n1c34. The summed E-state index contributed by atoms with van der Waals surface area (Å²) >= 11 is 0. The standard InChI is InChI=1S/C48H28BN3/c1-7-19-41-31(13-1)37-25-29(50-43-21-9-3-15-33(43)34-16-4-10-22-44(34)50)27-39-40-28-30(51-45-23-11-5-17-35(45)36-18-6-12-24-46(36)51)26-38-32-14-2-8-20-42(32)49(41)52(47(37)39)48(38)40/h1-28H. The van der Waals surface area contributed by atoms with Crippen LogP contribution < -0.4 is 10.9 Å². The van der Waals surface area contributed by atoms with Gasteiger partial charge in [0.25, 0.3) is 0 Å². The quantitative estimate of drug-likeness (QED) is 0.164. The minimum absolute atomic E-state index is 0.102. The Morgan fingerprint density at radius 2 is 0.654 bits per heavy atom. The van der Waals surface area contributed by atoms with Crippen LogP contribution in [0, 0.1) is 0 Å². The van der Waals surface area contributed by atoms with Gasteiger partial charge in [0, 0.05) is 65.9 Å². The Morgan fingerprint density at radius 1 is 0.308 bits per heavy atom. The summed E-state index contributed by atoms with van der Waals surface area (Å²) in [5.41, 5.74) is 17.9. The third-order valence-corrected chi connectivity index (χ3v) is 12.0. The van der Waals surface area contributed by atoms with Crippen LogP contribution in [0.3, 0.4) is 0 Å². The number of hydrogen-bond acceptors (Lipinski definition) is 0. The van der Waals surface area contributed by atoms with Crippen molar-refractivity contribution < 1.29 is 0 Å². The summed E-state index contributed by atoms with van der Waals surface area (Å²) in [6, 6.07) is 63.4. The van der Waals surface area contributed by atoms with Crippen molar-refractivity contribution in [3.8, 4) is 33.6 Å². The fourth-order valence-electron chi connectivity index (χ4n) is 10.0. The van der Waals surface area contributed by atoms with Gasteiger partial charge in [0.1, 0.15) is 0 Å². The summed E-state index contributed by atoms with van der Waals surface area (Å²) in [6.45, 7) is 0.102. The molecule has 0 saturated heterocycles. The Kier molecular flexibility index (Phi) is 4.94. The van der Waals surface area contributed by atoms with Crippen LogP contribution in [0.25, 0.3) is 99.0 Å². The number of fused-ring (bicyclic) bond motifs is 13. The highest BCUT2D eigenvalue weighted by molar-refractivity contribution is 6.88. The smallest absolute Gasteiger partial charge is 0.329 e. The maximum Gasteiger partial charge on any atom is 0.329 e. The Morgan fingerprint density at radius 3 is 1.06 bits per heavy atom. The van der Waals surface area contributed by atoms with Gasteiger partial charge in [-0.2, -0.15) is 0 Å². The third kappa shape index (κ3) is 3.20. The van der Waals surface area contributed by atoms with Crippen LogP contribution in [0.2, 0.25) is 0 Å². The van der Waals surface area contributed by atoms with Gasteiger partial charge in [0.05, 0.1) is 22.1 Å². The van der Waals surface area contributed by atoms with Crippen molar-refractivity contribution in [2.24, 2.45) is 0 Å². The van der Waals surface area contributed by atoms with E-state index in [1.165, 1.54) is 110 Å². The lowest BCUT2D eigenvalue weighted by molar-refractivity contribution is 1.18. The Labute approximate surface area is 299 Å². The molecule has 2 aliphatic heterocycles. The van der Waals surface area contributed by atoms with E-state index in [4.69, 9.17) is 0 Å². The molecule has 0 aliphatic carbocycles. The van der Waals surface area contributed by atoms with Gasteiger partial charge >= 0.3 is 6.85 Å². The molecular weight excluding hydrogens is 629 g/mol. The van der Waals surface area contributed by atoms with Crippen molar-refractivity contribution >= 4 is 83.2 Å². The van der Waals surface area contributed by atoms with Gasteiger partial charge in [-0.1, -0.05) is 121 Å². The maximum atomic E-state index is 2.67. The summed E-state index contributed by atoms with van der Waals surface area (Å²) < 4.78 is 7.63. The molecule has 0 bridgehead atoms. The minimum Gasteiger partial charge on any atom is -0.375 e. The Bertz CT molecular complexity index is 3050. The van der Waals surface area contributed by atoms with E-state index in [1.807, 2.05) is 0 Å². The van der Waals surface area contributed by atoms with Gasteiger partial charge in [0.15, 0.2) is 0 Å². The van der Waals surface area contributed by atoms with Crippen LogP contribution in [-0.2, 0) is 0 Å². The second-order valence-electron chi connectivity index (χ2n) is 14.5. The van der Waals surface area contributed by atoms with Gasteiger partial charge in [-0.3, -0.25) is 0 Å². The topological polar surface area (TPSA) is 14.8 Å². The molecule has 4 heteroatoms. The predicted molar refractivity (Wildman–Crippen MR) is 219 cm³/mol. The van der Waals surface area contributed by atoms with Crippen molar-refractivity contribution in [3.05, 3.63) is 170 Å². The maximum absolute atomic E-state index is 2.67. The van der Waals surface area contributed by atoms with E-state index in [0.717, 1.165) is 0 Å². The third-order valence-electron chi connectivity index (χ3n) is 12.0. The molecule has 0 N–H and O–H groups in total. The highest BCUT2D eigenvalue weighted by Crippen LogP contribution is 2.47. The van der Waals surface area contributed by atoms with Gasteiger partial charge < -0.3 is 13.6 Å². The average molecular weight is 658 g/mol. The second-order valence-corrected chi connectivity index (χ2v) is 14.5. The summed E-state index contributed by atoms with van der Waals surface area (Å²) in [7, 11) is 0. The number of benzene rings is 8. The van der Waals surface area contributed by atoms with Crippen molar-refractivity contribution in [1.82, 2.24) is 13.6 Å². The zero-order valence-corrected chi connectivity index (χ0v) is 28.1. The molecule has 2 aliphatic rings. The van der Waals surface area contributed by atoms with Crippen LogP contribution in [-0.4, -0.2) is 20.5 Å². The van der Waals surface area contributed by atoms with Crippen LogP contribution in [0.5, 0.6) is 0 Å². The molecule has 0 fully saturated rings. The predicted octanol–water partition coefficient (Wildman–Crippen LogP) is 10.6. The summed E-state index contributed by atoms with van der Waals surface area (Å²) in [4.78, 5) is 0. The minimum atomic E-state index is 0.102. The average Bonchev–Trinajstić information content (AvgIpc) is 3.84. The van der Waals surface area contributed by atoms with E-state index >= 15 is 0 Å². The Hall–Kier alpha value is -6.78. The fourth-order valence-corrected chi connectivity index (χ4v) is 10.0. The number of aromatic nitrogens is 3. The lowest BCUT2D eigenvalue weighted by Gasteiger charge is -2.32. The van der Waals surface area contributed by atoms with Crippen LogP contribution >= 0.6 is 0 Å². The molecule has 238 valence electrons. The van der Waals surface area contributed by atoms with Gasteiger partial charge in [-0.25, -0.2) is 0 Å². The van der Waals surface area contributed by atoms with Crippen LogP contribution in [0.15, 0.2) is 170 Å². The van der Waals surface area contributed by atoms with E-state index in [1.54, 1.807) is 0 Å². The molecule has 0 radical (unpaired) electrons. The molecule has 11 aromatic rings. The zero-order chi connectivity index (χ0) is 33.7. The zero-order valence-electron chi connectivity index (χ0n) is 28.1. The number of rotatable bonds is 2. The summed E-state index contributed by atoms with van der Waals surface area (Å²) in [6.07, 6.45) is 0. The molecule has 13 rings (SSSR count). The lowest BCUT2D eigenvalue weighted by Crippen LogP contribution is -2.53. The molecular formula is C48H28BN3. The number of nitrogens with zero attached hydrogens (tertiary/aromatic N) is 3. The van der Waals surface area contributed by atoms with Crippen molar-refractivity contribution in [2.75, 3.05) is 0 Å². The fraction of sp³-hybridized carbons (Fsp3) is 0. The molecule has 0 spiro atoms. The van der Waals surface area contributed by atoms with E-state index < -0.39 is 0 Å². The van der Waals surface area contributed by atoms with Crippen molar-refractivity contribution in [3.63, 3.8) is 0 Å². The van der Waals surface area contributed by atoms with Crippen LogP contribution in [0.1, 0.15) is 0 Å². The highest BCUT2D eigenvalue weighted by atomic mass is 15.0. The van der Waals surface area contributed by atoms with E-state index in [2.05, 4.69) is 183 Å². The monoisotopic (exact) mass is 657 g/mol. The van der Waals surface area contributed by atoms with E-state index in [-0.39, 0.29) is 6.85 Å². The molecule has 0 unspecified atom stereocenters. The molecule has 8 aromatic carbocycles. The molecule has 0 saturated carbocycles. The van der Waals surface area contributed by atoms with E-state index in [0.29, 0.717) is 0 Å². The molecule has 3 aromatic heterocycles. The lowest BCUT2D eigenvalue weighted by atomic mass is 9.45. The number of para-hydroxylation sites is 4. The molecule has 0 atom stereocenters. The van der Waals surface area contributed by atoms with Gasteiger partial charge in [0.2, 0.25) is 0 Å². The first-order chi connectivity index (χ1) is 25.8. The molecule has 5 heterocycles. The largest absolute Gasteiger partial charge is 0.375 e. The van der Waals surface area contributed by atoms with Gasteiger partial charge in [-0.05, 0) is 70.6 Å². The first-order valence-corrected chi connectivity index (χ1v) is 18.1. The molecule has 3 nitrogen and oxygen atoms in total. The molecule has 52 heavy (non-hydrogen) atoms. The van der Waals surface area contributed by atoms with Gasteiger partial charge in [-0.15, -0.1) is 0 Å². The first-order valence-electron chi connectivity index (χ1n) is 18.1. The highest BCUT2D eigenvalue weighted by Gasteiger charge is 2.39. The van der Waals surface area contributed by atoms with E-state index in [9.17, 15) is 0 Å². The summed E-state index contributed by atoms with van der Waals surface area (Å²) in [5, 5.41) is 7.69. The first kappa shape index (κ1) is 27.0. The van der Waals surface area contributed by atoms with Crippen molar-refractivity contribution in [2.45, 2.75) is 0 Å². The Balaban J connectivity index is 1.24. The van der Waals surface area contributed by atoms with Crippen LogP contribution in [0.4, 0.5) is 0 Å². The molecule has 0 amide bonds. The van der Waals surface area contributed by atoms with Crippen molar-refractivity contribution in [1.29, 1.82) is 0 Å². The second kappa shape index (κ2) is 9.51.